The van der Waals surface area contributed by atoms with E-state index < -0.39 is 0 Å². The van der Waals surface area contributed by atoms with Crippen molar-refractivity contribution in [2.24, 2.45) is 0 Å². The monoisotopic (exact) mass is 681 g/mol. The lowest BCUT2D eigenvalue weighted by Gasteiger charge is -2.26. The largest absolute Gasteiger partial charge is 0.344 e. The molecule has 0 saturated carbocycles. The van der Waals surface area contributed by atoms with Gasteiger partial charge in [0.15, 0.2) is 5.71 Å². The van der Waals surface area contributed by atoms with E-state index in [2.05, 4.69) is 144 Å². The molecule has 3 aliphatic rings. The normalized spacial score (nSPS) is 21.5. The van der Waals surface area contributed by atoms with Crippen molar-refractivity contribution in [2.75, 3.05) is 18.0 Å². The van der Waals surface area contributed by atoms with Gasteiger partial charge in [-0.3, -0.25) is 0 Å². The molecule has 2 aliphatic heterocycles. The zero-order chi connectivity index (χ0) is 28.8. The maximum absolute atomic E-state index is 7.05. The minimum Gasteiger partial charge on any atom is -0.344 e. The van der Waals surface area contributed by atoms with Gasteiger partial charge < -0.3 is 4.90 Å². The van der Waals surface area contributed by atoms with Crippen molar-refractivity contribution in [3.63, 3.8) is 0 Å². The lowest BCUT2D eigenvalue weighted by Crippen LogP contribution is -2.27. The smallest absolute Gasteiger partial charge is 0.209 e. The predicted octanol–water partition coefficient (Wildman–Crippen LogP) is 10.9. The van der Waals surface area contributed by atoms with Crippen LogP contribution in [0.3, 0.4) is 0 Å². The van der Waals surface area contributed by atoms with E-state index in [4.69, 9.17) is 11.6 Å². The van der Waals surface area contributed by atoms with E-state index in [0.29, 0.717) is 0 Å². The molecule has 0 bridgehead atoms. The van der Waals surface area contributed by atoms with Crippen LogP contribution in [0.25, 0.3) is 0 Å². The number of nitrogens with zero attached hydrogens (tertiary/aromatic N) is 2. The standard InChI is InChI=1S/C35H40Br2ClN2/c1-7-19-39-29-15-13-25(36)21-27(29)34(3,4)31(39)17-11-23-9-10-24(33(23)38)12-18-32-35(5,6)28-22-26(37)14-16-30(28)40(32)20-8-2/h11-18,21-22H,7-10,19-20H2,1-6H3/q+1. The van der Waals surface area contributed by atoms with E-state index >= 15 is 0 Å². The SMILES string of the molecule is CCCN1/C(=C/C=C2\CCC(/C=C/C3=[N+](CCC)c4ccc(Br)cc4C3(C)C)=C2Cl)C(C)(C)c2cc(Br)ccc21. The number of hydrogen-bond donors (Lipinski definition) is 0. The van der Waals surface area contributed by atoms with Gasteiger partial charge in [-0.05, 0) is 86.2 Å². The molecule has 2 nitrogen and oxygen atoms in total. The molecule has 0 spiro atoms. The number of anilines is 1. The second kappa shape index (κ2) is 11.4. The number of halogens is 3. The van der Waals surface area contributed by atoms with Gasteiger partial charge >= 0.3 is 0 Å². The van der Waals surface area contributed by atoms with Crippen molar-refractivity contribution in [3.05, 3.63) is 103 Å². The average molecular weight is 684 g/mol. The van der Waals surface area contributed by atoms with Crippen LogP contribution in [0.15, 0.2) is 91.5 Å². The third-order valence-electron chi connectivity index (χ3n) is 8.71. The first-order valence-corrected chi connectivity index (χ1v) is 16.5. The topological polar surface area (TPSA) is 6.25 Å². The molecule has 210 valence electrons. The second-order valence-corrected chi connectivity index (χ2v) is 14.4. The molecule has 0 saturated heterocycles. The summed E-state index contributed by atoms with van der Waals surface area (Å²) >= 11 is 14.4. The Bertz CT molecular complexity index is 1500. The Labute approximate surface area is 262 Å². The quantitative estimate of drug-likeness (QED) is 0.263. The Morgan fingerprint density at radius 1 is 0.875 bits per heavy atom. The molecule has 5 rings (SSSR count). The summed E-state index contributed by atoms with van der Waals surface area (Å²) in [5, 5.41) is 0.907. The lowest BCUT2D eigenvalue weighted by molar-refractivity contribution is -0.437. The molecular weight excluding hydrogens is 644 g/mol. The van der Waals surface area contributed by atoms with Crippen LogP contribution in [0.2, 0.25) is 0 Å². The molecule has 0 amide bonds. The van der Waals surface area contributed by atoms with E-state index in [1.807, 2.05) is 0 Å². The molecule has 40 heavy (non-hydrogen) atoms. The Morgan fingerprint density at radius 3 is 2.27 bits per heavy atom. The number of rotatable bonds is 7. The van der Waals surface area contributed by atoms with Gasteiger partial charge in [-0.2, -0.15) is 4.58 Å². The molecule has 0 N–H and O–H groups in total. The lowest BCUT2D eigenvalue weighted by atomic mass is 9.81. The third kappa shape index (κ3) is 5.14. The minimum absolute atomic E-state index is 0.0691. The Balaban J connectivity index is 1.47. The molecule has 2 heterocycles. The van der Waals surface area contributed by atoms with Crippen molar-refractivity contribution < 1.29 is 4.58 Å². The van der Waals surface area contributed by atoms with Gasteiger partial charge in [0.05, 0.1) is 5.41 Å². The first kappa shape index (κ1) is 29.6. The number of fused-ring (bicyclic) bond motifs is 2. The summed E-state index contributed by atoms with van der Waals surface area (Å²) in [4.78, 5) is 2.49. The summed E-state index contributed by atoms with van der Waals surface area (Å²) in [6, 6.07) is 13.3. The minimum atomic E-state index is -0.0691. The fourth-order valence-electron chi connectivity index (χ4n) is 6.59. The predicted molar refractivity (Wildman–Crippen MR) is 179 cm³/mol. The van der Waals surface area contributed by atoms with Gasteiger partial charge in [-0.25, -0.2) is 0 Å². The molecule has 2 aromatic rings. The number of allylic oxidation sites excluding steroid dienone is 8. The highest BCUT2D eigenvalue weighted by Gasteiger charge is 2.44. The molecule has 0 aromatic heterocycles. The van der Waals surface area contributed by atoms with Crippen LogP contribution in [0.4, 0.5) is 11.4 Å². The van der Waals surface area contributed by atoms with Gasteiger partial charge in [0, 0.05) is 61.4 Å². The number of benzene rings is 2. The summed E-state index contributed by atoms with van der Waals surface area (Å²) in [5.41, 5.74) is 10.4. The van der Waals surface area contributed by atoms with Crippen LogP contribution >= 0.6 is 43.5 Å². The highest BCUT2D eigenvalue weighted by Crippen LogP contribution is 2.49. The van der Waals surface area contributed by atoms with Crippen LogP contribution in [0.5, 0.6) is 0 Å². The molecule has 5 heteroatoms. The van der Waals surface area contributed by atoms with E-state index in [1.165, 1.54) is 45.1 Å². The van der Waals surface area contributed by atoms with Crippen LogP contribution in [0, 0.1) is 0 Å². The maximum atomic E-state index is 7.05. The van der Waals surface area contributed by atoms with Crippen LogP contribution in [-0.4, -0.2) is 23.4 Å². The molecule has 0 unspecified atom stereocenters. The van der Waals surface area contributed by atoms with Gasteiger partial charge in [-0.1, -0.05) is 83.3 Å². The molecule has 0 fully saturated rings. The zero-order valence-electron chi connectivity index (χ0n) is 24.5. The molecule has 1 aliphatic carbocycles. The summed E-state index contributed by atoms with van der Waals surface area (Å²) < 4.78 is 4.75. The second-order valence-electron chi connectivity index (χ2n) is 12.2. The van der Waals surface area contributed by atoms with Crippen LogP contribution < -0.4 is 4.90 Å². The fraction of sp³-hybridized carbons (Fsp3) is 0.400. The molecule has 0 atom stereocenters. The summed E-state index contributed by atoms with van der Waals surface area (Å²) in [6.07, 6.45) is 13.3. The van der Waals surface area contributed by atoms with E-state index in [-0.39, 0.29) is 10.8 Å². The zero-order valence-corrected chi connectivity index (χ0v) is 28.5. The van der Waals surface area contributed by atoms with Gasteiger partial charge in [0.2, 0.25) is 5.69 Å². The Morgan fingerprint density at radius 2 is 1.57 bits per heavy atom. The van der Waals surface area contributed by atoms with Crippen LogP contribution in [-0.2, 0) is 10.8 Å². The van der Waals surface area contributed by atoms with Crippen LogP contribution in [0.1, 0.15) is 78.4 Å². The fourth-order valence-corrected chi connectivity index (χ4v) is 7.63. The van der Waals surface area contributed by atoms with Crippen molar-refractivity contribution >= 4 is 60.5 Å². The van der Waals surface area contributed by atoms with Crippen molar-refractivity contribution in [3.8, 4) is 0 Å². The van der Waals surface area contributed by atoms with E-state index in [0.717, 1.165) is 52.8 Å². The van der Waals surface area contributed by atoms with E-state index in [9.17, 15) is 0 Å². The highest BCUT2D eigenvalue weighted by atomic mass is 79.9. The van der Waals surface area contributed by atoms with Gasteiger partial charge in [0.25, 0.3) is 0 Å². The first-order valence-electron chi connectivity index (χ1n) is 14.5. The van der Waals surface area contributed by atoms with Gasteiger partial charge in [-0.15, -0.1) is 0 Å². The van der Waals surface area contributed by atoms with Crippen molar-refractivity contribution in [1.82, 2.24) is 0 Å². The maximum Gasteiger partial charge on any atom is 0.209 e. The van der Waals surface area contributed by atoms with Crippen molar-refractivity contribution in [1.29, 1.82) is 0 Å². The summed E-state index contributed by atoms with van der Waals surface area (Å²) in [5.74, 6) is 0. The molecule has 2 aromatic carbocycles. The Hall–Kier alpha value is -1.88. The molecule has 0 radical (unpaired) electrons. The van der Waals surface area contributed by atoms with Crippen molar-refractivity contribution in [2.45, 2.75) is 78.1 Å². The summed E-state index contributed by atoms with van der Waals surface area (Å²) in [6.45, 7) is 15.8. The third-order valence-corrected chi connectivity index (χ3v) is 10.2. The summed E-state index contributed by atoms with van der Waals surface area (Å²) in [7, 11) is 0. The Kier molecular flexibility index (Phi) is 8.45. The van der Waals surface area contributed by atoms with Gasteiger partial charge in [0.1, 0.15) is 6.54 Å². The average Bonchev–Trinajstić information content (AvgIpc) is 3.43. The number of hydrogen-bond acceptors (Lipinski definition) is 1. The van der Waals surface area contributed by atoms with E-state index in [1.54, 1.807) is 0 Å². The first-order chi connectivity index (χ1) is 19.0. The highest BCUT2D eigenvalue weighted by molar-refractivity contribution is 9.10. The molecular formula is C35H40Br2ClN2+.